The summed E-state index contributed by atoms with van der Waals surface area (Å²) in [6.45, 7) is 0.483. The fraction of sp³-hybridized carbons (Fsp3) is 0.192. The van der Waals surface area contributed by atoms with Gasteiger partial charge in [-0.2, -0.15) is 0 Å². The highest BCUT2D eigenvalue weighted by atomic mass is 35.5. The maximum atomic E-state index is 13.3. The molecule has 0 aliphatic rings. The van der Waals surface area contributed by atoms with Crippen molar-refractivity contribution in [3.63, 3.8) is 0 Å². The zero-order valence-electron chi connectivity index (χ0n) is 18.9. The number of nitrogens with one attached hydrogen (secondary N) is 1. The molecule has 1 aromatic heterocycles. The van der Waals surface area contributed by atoms with E-state index in [1.165, 1.54) is 16.3 Å². The Hall–Kier alpha value is -2.22. The number of rotatable bonds is 9. The van der Waals surface area contributed by atoms with E-state index < -0.39 is 0 Å². The number of carbonyl (C=O) groups excluding carboxylic acids is 1. The van der Waals surface area contributed by atoms with Gasteiger partial charge in [0.15, 0.2) is 5.16 Å². The van der Waals surface area contributed by atoms with Gasteiger partial charge in [-0.1, -0.05) is 76.4 Å². The Kier molecular flexibility index (Phi) is 9.20. The second-order valence-electron chi connectivity index (χ2n) is 7.94. The summed E-state index contributed by atoms with van der Waals surface area (Å²) in [4.78, 5) is 30.3. The van der Waals surface area contributed by atoms with Crippen molar-refractivity contribution in [3.05, 3.63) is 96.7 Å². The number of fused-ring (bicyclic) bond motifs is 1. The summed E-state index contributed by atoms with van der Waals surface area (Å²) < 4.78 is 1.53. The molecule has 0 bridgehead atoms. The molecule has 0 atom stereocenters. The third-order valence-electron chi connectivity index (χ3n) is 5.42. The summed E-state index contributed by atoms with van der Waals surface area (Å²) in [5.41, 5.74) is 1.92. The van der Waals surface area contributed by atoms with Gasteiger partial charge in [0.25, 0.3) is 5.56 Å². The van der Waals surface area contributed by atoms with Crippen molar-refractivity contribution in [1.82, 2.24) is 14.9 Å². The number of hydrogen-bond acceptors (Lipinski definition) is 4. The minimum atomic E-state index is -0.194. The molecular weight excluding hydrogens is 560 g/mol. The minimum absolute atomic E-state index is 0.0472. The number of benzene rings is 3. The van der Waals surface area contributed by atoms with Crippen LogP contribution < -0.4 is 10.9 Å². The molecule has 1 N–H and O–H groups in total. The molecule has 0 radical (unpaired) electrons. The van der Waals surface area contributed by atoms with E-state index in [0.29, 0.717) is 73.4 Å². The molecule has 1 amide bonds. The van der Waals surface area contributed by atoms with E-state index in [4.69, 9.17) is 51.4 Å². The van der Waals surface area contributed by atoms with E-state index >= 15 is 0 Å². The Bertz CT molecular complexity index is 1480. The van der Waals surface area contributed by atoms with E-state index in [-0.39, 0.29) is 11.5 Å². The lowest BCUT2D eigenvalue weighted by Crippen LogP contribution is -2.25. The lowest BCUT2D eigenvalue weighted by molar-refractivity contribution is -0.121. The van der Waals surface area contributed by atoms with E-state index in [1.54, 1.807) is 48.5 Å². The first-order valence-electron chi connectivity index (χ1n) is 11.1. The number of carbonyl (C=O) groups is 1. The molecule has 4 aromatic rings. The maximum absolute atomic E-state index is 13.3. The second-order valence-corrected chi connectivity index (χ2v) is 10.7. The first kappa shape index (κ1) is 26.8. The number of aromatic nitrogens is 2. The van der Waals surface area contributed by atoms with Gasteiger partial charge >= 0.3 is 0 Å². The van der Waals surface area contributed by atoms with E-state index in [9.17, 15) is 9.59 Å². The fourth-order valence-corrected chi connectivity index (χ4v) is 5.35. The summed E-state index contributed by atoms with van der Waals surface area (Å²) in [5.74, 6) is 0.553. The Morgan fingerprint density at radius 1 is 0.944 bits per heavy atom. The molecule has 0 saturated heterocycles. The third-order valence-corrected chi connectivity index (χ3v) is 7.77. The number of nitrogens with zero attached hydrogens (tertiary/aromatic N) is 2. The van der Waals surface area contributed by atoms with Crippen LogP contribution in [0.5, 0.6) is 0 Å². The molecule has 3 aromatic carbocycles. The zero-order valence-corrected chi connectivity index (χ0v) is 22.8. The summed E-state index contributed by atoms with van der Waals surface area (Å²) in [5, 5.41) is 5.87. The van der Waals surface area contributed by atoms with Gasteiger partial charge in [-0.05, 0) is 60.9 Å². The smallest absolute Gasteiger partial charge is 0.266 e. The van der Waals surface area contributed by atoms with Gasteiger partial charge in [0.1, 0.15) is 0 Å². The standard InChI is InChI=1S/C26H21Cl4N3O2S/c27-17-8-7-16(21(29)14-17)11-12-31-24(34)6-3-13-36-26-32-23-5-2-1-4-19(23)25(35)33(26)18-9-10-20(28)22(30)15-18/h1-2,4-5,7-10,14-15H,3,6,11-13H2,(H,31,34). The molecular formula is C26H21Cl4N3O2S. The van der Waals surface area contributed by atoms with Crippen molar-refractivity contribution in [3.8, 4) is 5.69 Å². The quantitative estimate of drug-likeness (QED) is 0.129. The van der Waals surface area contributed by atoms with Crippen molar-refractivity contribution in [2.45, 2.75) is 24.4 Å². The lowest BCUT2D eigenvalue weighted by Gasteiger charge is -2.14. The van der Waals surface area contributed by atoms with Gasteiger partial charge in [0.2, 0.25) is 5.91 Å². The highest BCUT2D eigenvalue weighted by Gasteiger charge is 2.14. The van der Waals surface area contributed by atoms with Crippen molar-refractivity contribution in [2.75, 3.05) is 12.3 Å². The molecule has 186 valence electrons. The number of halogens is 4. The maximum Gasteiger partial charge on any atom is 0.266 e. The minimum Gasteiger partial charge on any atom is -0.356 e. The van der Waals surface area contributed by atoms with Crippen LogP contribution in [0.3, 0.4) is 0 Å². The van der Waals surface area contributed by atoms with Gasteiger partial charge in [-0.25, -0.2) is 4.98 Å². The molecule has 0 fully saturated rings. The van der Waals surface area contributed by atoms with E-state index in [1.807, 2.05) is 12.1 Å². The first-order valence-corrected chi connectivity index (χ1v) is 13.6. The highest BCUT2D eigenvalue weighted by Crippen LogP contribution is 2.27. The molecule has 10 heteroatoms. The van der Waals surface area contributed by atoms with Crippen molar-refractivity contribution < 1.29 is 4.79 Å². The largest absolute Gasteiger partial charge is 0.356 e. The van der Waals surface area contributed by atoms with E-state index in [0.717, 1.165) is 5.56 Å². The van der Waals surface area contributed by atoms with Crippen LogP contribution in [0.2, 0.25) is 20.1 Å². The predicted octanol–water partition coefficient (Wildman–Crippen LogP) is 7.23. The summed E-state index contributed by atoms with van der Waals surface area (Å²) >= 11 is 25.8. The van der Waals surface area contributed by atoms with Crippen molar-refractivity contribution >= 4 is 75.0 Å². The molecule has 0 aliphatic heterocycles. The average molecular weight is 581 g/mol. The average Bonchev–Trinajstić information content (AvgIpc) is 2.85. The number of amides is 1. The summed E-state index contributed by atoms with van der Waals surface area (Å²) in [7, 11) is 0. The van der Waals surface area contributed by atoms with Crippen LogP contribution >= 0.6 is 58.2 Å². The van der Waals surface area contributed by atoms with Gasteiger partial charge in [-0.3, -0.25) is 14.2 Å². The SMILES string of the molecule is O=C(CCCSc1nc2ccccc2c(=O)n1-c1ccc(Cl)c(Cl)c1)NCCc1ccc(Cl)cc1Cl. The summed E-state index contributed by atoms with van der Waals surface area (Å²) in [6, 6.07) is 17.5. The van der Waals surface area contributed by atoms with Crippen LogP contribution in [-0.2, 0) is 11.2 Å². The van der Waals surface area contributed by atoms with Gasteiger partial charge in [0, 0.05) is 28.8 Å². The molecule has 0 unspecified atom stereocenters. The van der Waals surface area contributed by atoms with Crippen LogP contribution in [-0.4, -0.2) is 27.8 Å². The van der Waals surface area contributed by atoms with Gasteiger partial charge < -0.3 is 5.32 Å². The number of hydrogen-bond donors (Lipinski definition) is 1. The zero-order chi connectivity index (χ0) is 25.7. The Balaban J connectivity index is 1.39. The Morgan fingerprint density at radius 2 is 1.75 bits per heavy atom. The van der Waals surface area contributed by atoms with Crippen LogP contribution in [0, 0.1) is 0 Å². The van der Waals surface area contributed by atoms with Crippen LogP contribution in [0.1, 0.15) is 18.4 Å². The normalized spacial score (nSPS) is 11.1. The van der Waals surface area contributed by atoms with Gasteiger partial charge in [-0.15, -0.1) is 0 Å². The summed E-state index contributed by atoms with van der Waals surface area (Å²) in [6.07, 6.45) is 1.58. The Morgan fingerprint density at radius 3 is 2.53 bits per heavy atom. The lowest BCUT2D eigenvalue weighted by atomic mass is 10.1. The molecule has 4 rings (SSSR count). The topological polar surface area (TPSA) is 64.0 Å². The highest BCUT2D eigenvalue weighted by molar-refractivity contribution is 7.99. The molecule has 0 aliphatic carbocycles. The van der Waals surface area contributed by atoms with Crippen molar-refractivity contribution in [2.24, 2.45) is 0 Å². The van der Waals surface area contributed by atoms with Crippen LogP contribution in [0.25, 0.3) is 16.6 Å². The van der Waals surface area contributed by atoms with Crippen LogP contribution in [0.15, 0.2) is 70.6 Å². The van der Waals surface area contributed by atoms with Crippen LogP contribution in [0.4, 0.5) is 0 Å². The monoisotopic (exact) mass is 579 g/mol. The fourth-order valence-electron chi connectivity index (χ4n) is 3.61. The molecule has 36 heavy (non-hydrogen) atoms. The van der Waals surface area contributed by atoms with Gasteiger partial charge in [0.05, 0.1) is 26.6 Å². The molecule has 0 saturated carbocycles. The Labute approximate surface area is 232 Å². The molecule has 0 spiro atoms. The number of thioether (sulfide) groups is 1. The number of para-hydroxylation sites is 1. The first-order chi connectivity index (χ1) is 17.3. The predicted molar refractivity (Wildman–Crippen MR) is 150 cm³/mol. The molecule has 1 heterocycles. The van der Waals surface area contributed by atoms with E-state index in [2.05, 4.69) is 5.32 Å². The van der Waals surface area contributed by atoms with Crippen molar-refractivity contribution in [1.29, 1.82) is 0 Å². The molecule has 5 nitrogen and oxygen atoms in total. The third kappa shape index (κ3) is 6.55. The second kappa shape index (κ2) is 12.3.